The van der Waals surface area contributed by atoms with Gasteiger partial charge in [-0.05, 0) is 86.0 Å². The third-order valence-corrected chi connectivity index (χ3v) is 7.18. The van der Waals surface area contributed by atoms with Crippen molar-refractivity contribution in [1.29, 1.82) is 0 Å². The molecule has 28 heavy (non-hydrogen) atoms. The molecule has 4 aliphatic rings. The molecule has 1 heterocycles. The van der Waals surface area contributed by atoms with E-state index >= 15 is 0 Å². The van der Waals surface area contributed by atoms with E-state index in [2.05, 4.69) is 15.5 Å². The summed E-state index contributed by atoms with van der Waals surface area (Å²) >= 11 is 5.91. The third kappa shape index (κ3) is 3.69. The first-order valence-corrected chi connectivity index (χ1v) is 10.8. The predicted molar refractivity (Wildman–Crippen MR) is 107 cm³/mol. The number of aromatic nitrogens is 2. The summed E-state index contributed by atoms with van der Waals surface area (Å²) in [7, 11) is 0. The van der Waals surface area contributed by atoms with E-state index in [1.165, 1.54) is 38.5 Å². The molecule has 1 N–H and O–H groups in total. The molecule has 6 rings (SSSR count). The Labute approximate surface area is 170 Å². The highest BCUT2D eigenvalue weighted by Crippen LogP contribution is 2.61. The second-order valence-electron chi connectivity index (χ2n) is 9.21. The molecule has 0 saturated heterocycles. The number of nitrogens with one attached hydrogen (secondary N) is 1. The smallest absolute Gasteiger partial charge is 0.228 e. The molecule has 1 amide bonds. The Kier molecular flexibility index (Phi) is 4.66. The minimum absolute atomic E-state index is 0.180. The molecule has 148 valence electrons. The van der Waals surface area contributed by atoms with Gasteiger partial charge in [-0.15, -0.1) is 0 Å². The topological polar surface area (TPSA) is 68.0 Å². The van der Waals surface area contributed by atoms with Crippen LogP contribution in [0, 0.1) is 23.2 Å². The number of carbonyl (C=O) groups excluding carboxylic acids is 1. The quantitative estimate of drug-likeness (QED) is 0.767. The Morgan fingerprint density at radius 1 is 1.11 bits per heavy atom. The summed E-state index contributed by atoms with van der Waals surface area (Å²) in [5.74, 6) is 3.90. The molecule has 2 aromatic rings. The van der Waals surface area contributed by atoms with Crippen LogP contribution in [-0.2, 0) is 11.2 Å². The number of benzene rings is 1. The van der Waals surface area contributed by atoms with E-state index in [4.69, 9.17) is 16.1 Å². The number of hydrogen-bond acceptors (Lipinski definition) is 4. The number of rotatable bonds is 6. The van der Waals surface area contributed by atoms with Gasteiger partial charge in [0.1, 0.15) is 0 Å². The van der Waals surface area contributed by atoms with Gasteiger partial charge in [-0.2, -0.15) is 4.98 Å². The summed E-state index contributed by atoms with van der Waals surface area (Å²) < 4.78 is 5.32. The van der Waals surface area contributed by atoms with Crippen LogP contribution in [0.5, 0.6) is 0 Å². The highest BCUT2D eigenvalue weighted by molar-refractivity contribution is 6.30. The fraction of sp³-hybridized carbons (Fsp3) is 0.591. The fourth-order valence-electron chi connectivity index (χ4n) is 6.29. The number of carbonyl (C=O) groups is 1. The summed E-state index contributed by atoms with van der Waals surface area (Å²) in [6, 6.07) is 7.34. The lowest BCUT2D eigenvalue weighted by Crippen LogP contribution is -2.48. The summed E-state index contributed by atoms with van der Waals surface area (Å²) in [6.07, 6.45) is 9.26. The van der Waals surface area contributed by atoms with E-state index in [1.54, 1.807) is 12.1 Å². The van der Waals surface area contributed by atoms with Crippen molar-refractivity contribution < 1.29 is 9.32 Å². The van der Waals surface area contributed by atoms with Gasteiger partial charge in [-0.1, -0.05) is 16.8 Å². The second kappa shape index (κ2) is 7.18. The van der Waals surface area contributed by atoms with E-state index in [0.717, 1.165) is 23.3 Å². The molecule has 4 saturated carbocycles. The van der Waals surface area contributed by atoms with Crippen molar-refractivity contribution >= 4 is 17.5 Å². The van der Waals surface area contributed by atoms with Crippen LogP contribution < -0.4 is 5.32 Å². The fourth-order valence-corrected chi connectivity index (χ4v) is 6.42. The van der Waals surface area contributed by atoms with Crippen molar-refractivity contribution in [3.05, 3.63) is 35.2 Å². The Bertz CT molecular complexity index is 826. The van der Waals surface area contributed by atoms with Gasteiger partial charge >= 0.3 is 0 Å². The van der Waals surface area contributed by atoms with Crippen LogP contribution in [0.15, 0.2) is 28.8 Å². The van der Waals surface area contributed by atoms with Gasteiger partial charge in [-0.25, -0.2) is 0 Å². The molecule has 0 aliphatic heterocycles. The van der Waals surface area contributed by atoms with Crippen LogP contribution >= 0.6 is 11.6 Å². The molecular formula is C22H26ClN3O2. The van der Waals surface area contributed by atoms with Crippen LogP contribution in [0.25, 0.3) is 11.4 Å². The van der Waals surface area contributed by atoms with Crippen molar-refractivity contribution in [3.63, 3.8) is 0 Å². The molecule has 1 aromatic carbocycles. The first-order chi connectivity index (χ1) is 13.6. The zero-order valence-electron chi connectivity index (χ0n) is 16.0. The molecule has 0 spiro atoms. The minimum Gasteiger partial charge on any atom is -0.356 e. The molecule has 0 atom stereocenters. The zero-order chi connectivity index (χ0) is 19.1. The molecule has 1 aromatic heterocycles. The summed E-state index contributed by atoms with van der Waals surface area (Å²) in [5.41, 5.74) is 1.15. The molecule has 4 bridgehead atoms. The third-order valence-electron chi connectivity index (χ3n) is 6.93. The normalized spacial score (nSPS) is 30.5. The van der Waals surface area contributed by atoms with Crippen molar-refractivity contribution in [3.8, 4) is 11.4 Å². The second-order valence-corrected chi connectivity index (χ2v) is 9.65. The standard InChI is InChI=1S/C22H26ClN3O2/c23-18-3-1-17(2-4-18)21-25-20(28-26-21)5-6-24-19(27)13-22-10-14-7-15(11-22)9-16(8-14)12-22/h1-4,14-16H,5-13H2,(H,24,27). The molecule has 0 radical (unpaired) electrons. The predicted octanol–water partition coefficient (Wildman–Crippen LogP) is 4.66. The van der Waals surface area contributed by atoms with Crippen LogP contribution in [0.4, 0.5) is 0 Å². The van der Waals surface area contributed by atoms with Crippen molar-refractivity contribution in [2.75, 3.05) is 6.54 Å². The number of halogens is 1. The van der Waals surface area contributed by atoms with Crippen LogP contribution in [0.2, 0.25) is 5.02 Å². The van der Waals surface area contributed by atoms with Gasteiger partial charge in [0.25, 0.3) is 0 Å². The van der Waals surface area contributed by atoms with E-state index in [1.807, 2.05) is 12.1 Å². The number of amides is 1. The number of nitrogens with zero attached hydrogens (tertiary/aromatic N) is 2. The lowest BCUT2D eigenvalue weighted by Gasteiger charge is -2.56. The van der Waals surface area contributed by atoms with Crippen LogP contribution in [0.1, 0.15) is 50.8 Å². The van der Waals surface area contributed by atoms with Gasteiger partial charge in [0.2, 0.25) is 17.6 Å². The van der Waals surface area contributed by atoms with Crippen LogP contribution in [-0.4, -0.2) is 22.6 Å². The van der Waals surface area contributed by atoms with Gasteiger partial charge in [0.05, 0.1) is 0 Å². The maximum absolute atomic E-state index is 12.6. The first-order valence-electron chi connectivity index (χ1n) is 10.4. The molecule has 0 unspecified atom stereocenters. The summed E-state index contributed by atoms with van der Waals surface area (Å²) in [5, 5.41) is 7.77. The van der Waals surface area contributed by atoms with Crippen molar-refractivity contribution in [1.82, 2.24) is 15.5 Å². The molecule has 4 fully saturated rings. The maximum atomic E-state index is 12.6. The van der Waals surface area contributed by atoms with E-state index in [0.29, 0.717) is 36.1 Å². The van der Waals surface area contributed by atoms with Crippen molar-refractivity contribution in [2.45, 2.75) is 51.4 Å². The van der Waals surface area contributed by atoms with Gasteiger partial charge in [-0.3, -0.25) is 4.79 Å². The van der Waals surface area contributed by atoms with Gasteiger partial charge in [0.15, 0.2) is 0 Å². The monoisotopic (exact) mass is 399 g/mol. The van der Waals surface area contributed by atoms with E-state index in [-0.39, 0.29) is 11.3 Å². The lowest BCUT2D eigenvalue weighted by molar-refractivity contribution is -0.129. The average molecular weight is 400 g/mol. The largest absolute Gasteiger partial charge is 0.356 e. The minimum atomic E-state index is 0.180. The number of hydrogen-bond donors (Lipinski definition) is 1. The Morgan fingerprint density at radius 2 is 1.75 bits per heavy atom. The Hall–Kier alpha value is -1.88. The average Bonchev–Trinajstić information content (AvgIpc) is 3.09. The van der Waals surface area contributed by atoms with Crippen molar-refractivity contribution in [2.24, 2.45) is 23.2 Å². The van der Waals surface area contributed by atoms with E-state index < -0.39 is 0 Å². The van der Waals surface area contributed by atoms with Gasteiger partial charge in [0, 0.05) is 30.0 Å². The lowest BCUT2D eigenvalue weighted by atomic mass is 9.49. The summed E-state index contributed by atoms with van der Waals surface area (Å²) in [6.45, 7) is 0.535. The van der Waals surface area contributed by atoms with Gasteiger partial charge < -0.3 is 9.84 Å². The molecular weight excluding hydrogens is 374 g/mol. The summed E-state index contributed by atoms with van der Waals surface area (Å²) in [4.78, 5) is 17.0. The highest BCUT2D eigenvalue weighted by atomic mass is 35.5. The Balaban J connectivity index is 1.13. The maximum Gasteiger partial charge on any atom is 0.228 e. The highest BCUT2D eigenvalue weighted by Gasteiger charge is 2.51. The first kappa shape index (κ1) is 18.2. The Morgan fingerprint density at radius 3 is 2.39 bits per heavy atom. The zero-order valence-corrected chi connectivity index (χ0v) is 16.8. The molecule has 4 aliphatic carbocycles. The SMILES string of the molecule is O=C(CC12CC3CC(CC(C3)C1)C2)NCCc1nc(-c2ccc(Cl)cc2)no1. The van der Waals surface area contributed by atoms with Crippen LogP contribution in [0.3, 0.4) is 0 Å². The molecule has 6 heteroatoms. The molecule has 5 nitrogen and oxygen atoms in total. The van der Waals surface area contributed by atoms with E-state index in [9.17, 15) is 4.79 Å².